The minimum Gasteiger partial charge on any atom is -0.427 e. The lowest BCUT2D eigenvalue weighted by molar-refractivity contribution is -0.107. The summed E-state index contributed by atoms with van der Waals surface area (Å²) in [5, 5.41) is 17.1. The fourth-order valence-corrected chi connectivity index (χ4v) is 0.970. The van der Waals surface area contributed by atoms with Gasteiger partial charge in [-0.05, 0) is 19.2 Å². The van der Waals surface area contributed by atoms with Gasteiger partial charge in [-0.15, -0.1) is 0 Å². The van der Waals surface area contributed by atoms with Crippen LogP contribution in [0.2, 0.25) is 6.32 Å². The normalized spacial score (nSPS) is 10.8. The zero-order valence-corrected chi connectivity index (χ0v) is 7.69. The molecule has 72 valence electrons. The van der Waals surface area contributed by atoms with Crippen LogP contribution in [0, 0.1) is 0 Å². The van der Waals surface area contributed by atoms with Gasteiger partial charge in [0.05, 0.1) is 0 Å². The minimum atomic E-state index is -1.19. The predicted octanol–water partition coefficient (Wildman–Crippen LogP) is 0.248. The average molecular weight is 176 g/mol. The van der Waals surface area contributed by atoms with E-state index in [0.29, 0.717) is 6.32 Å². The van der Waals surface area contributed by atoms with E-state index in [1.165, 1.54) is 0 Å². The lowest BCUT2D eigenvalue weighted by Crippen LogP contribution is -2.14. The third kappa shape index (κ3) is 6.60. The molecule has 0 fully saturated rings. The minimum absolute atomic E-state index is 0.166. The molecule has 0 aliphatic rings. The highest BCUT2D eigenvalue weighted by molar-refractivity contribution is 6.40. The fourth-order valence-electron chi connectivity index (χ4n) is 0.970. The Balaban J connectivity index is 3.17. The standard InChI is InChI=1S/C7H17BO4/c1-11-7(12-2)5-3-4-6-8(9)10/h7,9-10H,3-6H2,1-2H3. The van der Waals surface area contributed by atoms with E-state index in [4.69, 9.17) is 19.5 Å². The molecule has 0 aromatic carbocycles. The van der Waals surface area contributed by atoms with Crippen molar-refractivity contribution in [3.63, 3.8) is 0 Å². The average Bonchev–Trinajstić information content (AvgIpc) is 2.04. The van der Waals surface area contributed by atoms with Gasteiger partial charge in [0.15, 0.2) is 6.29 Å². The number of methoxy groups -OCH3 is 2. The van der Waals surface area contributed by atoms with E-state index in [-0.39, 0.29) is 6.29 Å². The van der Waals surface area contributed by atoms with Crippen LogP contribution < -0.4 is 0 Å². The van der Waals surface area contributed by atoms with Gasteiger partial charge in [-0.25, -0.2) is 0 Å². The van der Waals surface area contributed by atoms with Gasteiger partial charge in [0, 0.05) is 14.2 Å². The van der Waals surface area contributed by atoms with E-state index in [0.717, 1.165) is 19.3 Å². The van der Waals surface area contributed by atoms with Crippen LogP contribution in [0.5, 0.6) is 0 Å². The highest BCUT2D eigenvalue weighted by atomic mass is 16.7. The molecular weight excluding hydrogens is 159 g/mol. The molecule has 0 atom stereocenters. The van der Waals surface area contributed by atoms with Crippen molar-refractivity contribution >= 4 is 7.12 Å². The van der Waals surface area contributed by atoms with Gasteiger partial charge in [0.25, 0.3) is 0 Å². The Morgan fingerprint density at radius 2 is 1.75 bits per heavy atom. The molecule has 5 heteroatoms. The molecule has 0 rings (SSSR count). The van der Waals surface area contributed by atoms with Crippen LogP contribution in [-0.4, -0.2) is 37.7 Å². The quantitative estimate of drug-likeness (QED) is 0.331. The van der Waals surface area contributed by atoms with Gasteiger partial charge in [-0.3, -0.25) is 0 Å². The molecule has 0 heterocycles. The molecule has 0 saturated carbocycles. The monoisotopic (exact) mass is 176 g/mol. The van der Waals surface area contributed by atoms with E-state index in [9.17, 15) is 0 Å². The fraction of sp³-hybridized carbons (Fsp3) is 1.00. The van der Waals surface area contributed by atoms with Gasteiger partial charge < -0.3 is 19.5 Å². The van der Waals surface area contributed by atoms with Crippen molar-refractivity contribution in [2.24, 2.45) is 0 Å². The Morgan fingerprint density at radius 3 is 2.17 bits per heavy atom. The summed E-state index contributed by atoms with van der Waals surface area (Å²) in [6.45, 7) is 0. The van der Waals surface area contributed by atoms with Crippen molar-refractivity contribution in [3.05, 3.63) is 0 Å². The first-order chi connectivity index (χ1) is 5.70. The van der Waals surface area contributed by atoms with Crippen LogP contribution in [0.15, 0.2) is 0 Å². The van der Waals surface area contributed by atoms with Crippen LogP contribution in [0.25, 0.3) is 0 Å². The second kappa shape index (κ2) is 7.55. The van der Waals surface area contributed by atoms with E-state index < -0.39 is 7.12 Å². The molecule has 4 nitrogen and oxygen atoms in total. The summed E-state index contributed by atoms with van der Waals surface area (Å²) in [6, 6.07) is 0. The Kier molecular flexibility index (Phi) is 7.49. The van der Waals surface area contributed by atoms with Crippen LogP contribution in [0.1, 0.15) is 19.3 Å². The molecule has 12 heavy (non-hydrogen) atoms. The third-order valence-electron chi connectivity index (χ3n) is 1.68. The molecule has 0 amide bonds. The maximum Gasteiger partial charge on any atom is 0.451 e. The first kappa shape index (κ1) is 11.9. The van der Waals surface area contributed by atoms with Gasteiger partial charge in [0.1, 0.15) is 0 Å². The van der Waals surface area contributed by atoms with E-state index in [1.807, 2.05) is 0 Å². The molecule has 0 aromatic heterocycles. The van der Waals surface area contributed by atoms with Crippen molar-refractivity contribution < 1.29 is 19.5 Å². The molecule has 0 saturated heterocycles. The Labute approximate surface area is 73.6 Å². The number of rotatable bonds is 7. The lowest BCUT2D eigenvalue weighted by atomic mass is 9.83. The van der Waals surface area contributed by atoms with Crippen molar-refractivity contribution in [1.82, 2.24) is 0 Å². The second-order valence-corrected chi connectivity index (χ2v) is 2.67. The summed E-state index contributed by atoms with van der Waals surface area (Å²) in [7, 11) is 2.00. The van der Waals surface area contributed by atoms with Crippen LogP contribution in [-0.2, 0) is 9.47 Å². The van der Waals surface area contributed by atoms with Gasteiger partial charge in [-0.2, -0.15) is 0 Å². The number of unbranched alkanes of at least 4 members (excludes halogenated alkanes) is 1. The molecule has 0 spiro atoms. The zero-order valence-electron chi connectivity index (χ0n) is 7.69. The van der Waals surface area contributed by atoms with Crippen LogP contribution in [0.4, 0.5) is 0 Å². The van der Waals surface area contributed by atoms with Crippen molar-refractivity contribution in [2.75, 3.05) is 14.2 Å². The lowest BCUT2D eigenvalue weighted by Gasteiger charge is -2.12. The van der Waals surface area contributed by atoms with Gasteiger partial charge in [-0.1, -0.05) is 6.42 Å². The summed E-state index contributed by atoms with van der Waals surface area (Å²) < 4.78 is 9.92. The number of hydrogen-bond donors (Lipinski definition) is 2. The maximum absolute atomic E-state index is 8.53. The molecular formula is C7H17BO4. The highest BCUT2D eigenvalue weighted by Gasteiger charge is 2.08. The Hall–Kier alpha value is -0.0951. The summed E-state index contributed by atoms with van der Waals surface area (Å²) in [5.74, 6) is 0. The first-order valence-corrected chi connectivity index (χ1v) is 4.12. The van der Waals surface area contributed by atoms with E-state index >= 15 is 0 Å². The van der Waals surface area contributed by atoms with Crippen molar-refractivity contribution in [3.8, 4) is 0 Å². The highest BCUT2D eigenvalue weighted by Crippen LogP contribution is 2.07. The van der Waals surface area contributed by atoms with Crippen molar-refractivity contribution in [1.29, 1.82) is 0 Å². The topological polar surface area (TPSA) is 58.9 Å². The SMILES string of the molecule is COC(CCCCB(O)O)OC. The third-order valence-corrected chi connectivity index (χ3v) is 1.68. The molecule has 2 N–H and O–H groups in total. The Bertz CT molecular complexity index is 95.4. The smallest absolute Gasteiger partial charge is 0.427 e. The molecule has 0 bridgehead atoms. The van der Waals surface area contributed by atoms with E-state index in [1.54, 1.807) is 14.2 Å². The van der Waals surface area contributed by atoms with Crippen LogP contribution >= 0.6 is 0 Å². The summed E-state index contributed by atoms with van der Waals surface area (Å²) in [4.78, 5) is 0. The summed E-state index contributed by atoms with van der Waals surface area (Å²) >= 11 is 0. The molecule has 0 aliphatic carbocycles. The number of ether oxygens (including phenoxy) is 2. The molecule has 0 aliphatic heterocycles. The van der Waals surface area contributed by atoms with Gasteiger partial charge >= 0.3 is 7.12 Å². The molecule has 0 radical (unpaired) electrons. The second-order valence-electron chi connectivity index (χ2n) is 2.67. The Morgan fingerprint density at radius 1 is 1.17 bits per heavy atom. The molecule has 0 aromatic rings. The van der Waals surface area contributed by atoms with Crippen molar-refractivity contribution in [2.45, 2.75) is 31.9 Å². The maximum atomic E-state index is 8.53. The summed E-state index contributed by atoms with van der Waals surface area (Å²) in [5.41, 5.74) is 0. The first-order valence-electron chi connectivity index (χ1n) is 4.12. The van der Waals surface area contributed by atoms with Gasteiger partial charge in [0.2, 0.25) is 0 Å². The molecule has 0 unspecified atom stereocenters. The van der Waals surface area contributed by atoms with Crippen LogP contribution in [0.3, 0.4) is 0 Å². The predicted molar refractivity (Wildman–Crippen MR) is 46.7 cm³/mol. The largest absolute Gasteiger partial charge is 0.451 e. The van der Waals surface area contributed by atoms with E-state index in [2.05, 4.69) is 0 Å². The zero-order chi connectivity index (χ0) is 9.40. The summed E-state index contributed by atoms with van der Waals surface area (Å²) in [6.07, 6.45) is 2.70. The number of hydrogen-bond acceptors (Lipinski definition) is 4.